The smallest absolute Gasteiger partial charge is 0.259 e. The first kappa shape index (κ1) is 14.9. The van der Waals surface area contributed by atoms with Crippen molar-refractivity contribution in [3.63, 3.8) is 0 Å². The summed E-state index contributed by atoms with van der Waals surface area (Å²) in [6, 6.07) is 13.8. The minimum absolute atomic E-state index is 0.106. The Labute approximate surface area is 139 Å². The molecule has 5 nitrogen and oxygen atoms in total. The molecule has 0 bridgehead atoms. The van der Waals surface area contributed by atoms with Gasteiger partial charge in [0.2, 0.25) is 0 Å². The molecule has 0 atom stereocenters. The number of aromatic nitrogens is 2. The summed E-state index contributed by atoms with van der Waals surface area (Å²) in [7, 11) is 0. The maximum atomic E-state index is 12.5. The van der Waals surface area contributed by atoms with E-state index in [1.807, 2.05) is 49.4 Å². The molecule has 3 aromatic rings. The van der Waals surface area contributed by atoms with E-state index >= 15 is 0 Å². The lowest BCUT2D eigenvalue weighted by Crippen LogP contribution is -2.36. The van der Waals surface area contributed by atoms with E-state index in [2.05, 4.69) is 14.9 Å². The normalized spacial score (nSPS) is 15.0. The lowest BCUT2D eigenvalue weighted by atomic mass is 10.1. The summed E-state index contributed by atoms with van der Waals surface area (Å²) >= 11 is 0. The van der Waals surface area contributed by atoms with E-state index in [4.69, 9.17) is 4.74 Å². The fourth-order valence-corrected chi connectivity index (χ4v) is 2.99. The molecule has 1 saturated heterocycles. The van der Waals surface area contributed by atoms with Crippen LogP contribution in [0, 0.1) is 6.92 Å². The van der Waals surface area contributed by atoms with Crippen molar-refractivity contribution >= 4 is 16.6 Å². The molecule has 24 heavy (non-hydrogen) atoms. The number of anilines is 1. The van der Waals surface area contributed by atoms with E-state index in [0.29, 0.717) is 16.7 Å². The zero-order chi connectivity index (χ0) is 16.5. The molecule has 0 amide bonds. The number of fused-ring (bicyclic) bond motifs is 1. The molecule has 1 fully saturated rings. The van der Waals surface area contributed by atoms with Crippen LogP contribution >= 0.6 is 0 Å². The topological polar surface area (TPSA) is 58.2 Å². The highest BCUT2D eigenvalue weighted by Crippen LogP contribution is 2.22. The van der Waals surface area contributed by atoms with Crippen molar-refractivity contribution in [2.24, 2.45) is 0 Å². The van der Waals surface area contributed by atoms with E-state index in [9.17, 15) is 4.79 Å². The minimum Gasteiger partial charge on any atom is -0.378 e. The van der Waals surface area contributed by atoms with Crippen molar-refractivity contribution in [2.45, 2.75) is 6.92 Å². The van der Waals surface area contributed by atoms with Gasteiger partial charge in [-0.05, 0) is 25.1 Å². The van der Waals surface area contributed by atoms with Crippen molar-refractivity contribution in [2.75, 3.05) is 31.2 Å². The van der Waals surface area contributed by atoms with E-state index in [1.54, 1.807) is 0 Å². The molecular formula is C19H19N3O2. The lowest BCUT2D eigenvalue weighted by Gasteiger charge is -2.28. The van der Waals surface area contributed by atoms with Crippen molar-refractivity contribution in [3.05, 3.63) is 58.4 Å². The second-order valence-corrected chi connectivity index (χ2v) is 6.08. The maximum Gasteiger partial charge on any atom is 0.259 e. The first-order valence-electron chi connectivity index (χ1n) is 8.14. The van der Waals surface area contributed by atoms with Crippen LogP contribution in [0.4, 0.5) is 5.69 Å². The van der Waals surface area contributed by atoms with Crippen molar-refractivity contribution in [1.29, 1.82) is 0 Å². The molecule has 1 aromatic heterocycles. The van der Waals surface area contributed by atoms with Gasteiger partial charge < -0.3 is 14.6 Å². The molecule has 1 aliphatic heterocycles. The number of morpholine rings is 1. The van der Waals surface area contributed by atoms with Gasteiger partial charge >= 0.3 is 0 Å². The number of hydrogen-bond acceptors (Lipinski definition) is 4. The summed E-state index contributed by atoms with van der Waals surface area (Å²) in [4.78, 5) is 22.3. The highest BCUT2D eigenvalue weighted by Gasteiger charge is 2.13. The minimum atomic E-state index is -0.106. The largest absolute Gasteiger partial charge is 0.378 e. The van der Waals surface area contributed by atoms with Gasteiger partial charge in [0.1, 0.15) is 5.82 Å². The highest BCUT2D eigenvalue weighted by atomic mass is 16.5. The molecule has 122 valence electrons. The Bertz CT molecular complexity index is 925. The number of rotatable bonds is 2. The SMILES string of the molecule is Cc1ccc(-c2nc3ccc(N4CCOCC4)cc3c(=O)[nH]2)cc1. The molecule has 0 spiro atoms. The molecule has 2 aromatic carbocycles. The van der Waals surface area contributed by atoms with Crippen LogP contribution in [0.2, 0.25) is 0 Å². The molecule has 1 N–H and O–H groups in total. The average Bonchev–Trinajstić information content (AvgIpc) is 2.63. The Hall–Kier alpha value is -2.66. The molecule has 0 saturated carbocycles. The fraction of sp³-hybridized carbons (Fsp3) is 0.263. The zero-order valence-electron chi connectivity index (χ0n) is 13.6. The number of ether oxygens (including phenoxy) is 1. The average molecular weight is 321 g/mol. The van der Waals surface area contributed by atoms with E-state index in [-0.39, 0.29) is 5.56 Å². The van der Waals surface area contributed by atoms with Crippen LogP contribution in [0.25, 0.3) is 22.3 Å². The molecule has 1 aliphatic rings. The van der Waals surface area contributed by atoms with Gasteiger partial charge in [0.05, 0.1) is 24.1 Å². The van der Waals surface area contributed by atoms with Gasteiger partial charge in [-0.25, -0.2) is 4.98 Å². The number of nitrogens with one attached hydrogen (secondary N) is 1. The maximum absolute atomic E-state index is 12.5. The molecule has 0 radical (unpaired) electrons. The Morgan fingerprint density at radius 1 is 1.08 bits per heavy atom. The van der Waals surface area contributed by atoms with Crippen LogP contribution in [-0.4, -0.2) is 36.3 Å². The summed E-state index contributed by atoms with van der Waals surface area (Å²) < 4.78 is 5.38. The van der Waals surface area contributed by atoms with Gasteiger partial charge in [0.15, 0.2) is 0 Å². The number of H-pyrrole nitrogens is 1. The van der Waals surface area contributed by atoms with Gasteiger partial charge in [-0.2, -0.15) is 0 Å². The molecule has 0 unspecified atom stereocenters. The van der Waals surface area contributed by atoms with Crippen molar-refractivity contribution in [1.82, 2.24) is 9.97 Å². The summed E-state index contributed by atoms with van der Waals surface area (Å²) in [5.41, 5.74) is 3.74. The Morgan fingerprint density at radius 3 is 2.58 bits per heavy atom. The Morgan fingerprint density at radius 2 is 1.83 bits per heavy atom. The van der Waals surface area contributed by atoms with Crippen LogP contribution in [0.3, 0.4) is 0 Å². The third-order valence-corrected chi connectivity index (χ3v) is 4.39. The predicted octanol–water partition coefficient (Wildman–Crippen LogP) is 2.74. The molecule has 2 heterocycles. The summed E-state index contributed by atoms with van der Waals surface area (Å²) in [6.45, 7) is 5.17. The standard InChI is InChI=1S/C19H19N3O2/c1-13-2-4-14(5-3-13)18-20-17-7-6-15(12-16(17)19(23)21-18)22-8-10-24-11-9-22/h2-7,12H,8-11H2,1H3,(H,20,21,23). The van der Waals surface area contributed by atoms with Crippen LogP contribution in [-0.2, 0) is 4.74 Å². The third-order valence-electron chi connectivity index (χ3n) is 4.39. The van der Waals surface area contributed by atoms with E-state index in [1.165, 1.54) is 5.56 Å². The number of aromatic amines is 1. The van der Waals surface area contributed by atoms with E-state index < -0.39 is 0 Å². The van der Waals surface area contributed by atoms with Crippen LogP contribution in [0.5, 0.6) is 0 Å². The van der Waals surface area contributed by atoms with Gasteiger partial charge in [-0.3, -0.25) is 4.79 Å². The van der Waals surface area contributed by atoms with Crippen molar-refractivity contribution in [3.8, 4) is 11.4 Å². The predicted molar refractivity (Wildman–Crippen MR) is 95.6 cm³/mol. The van der Waals surface area contributed by atoms with Crippen LogP contribution in [0.1, 0.15) is 5.56 Å². The van der Waals surface area contributed by atoms with E-state index in [0.717, 1.165) is 37.6 Å². The monoisotopic (exact) mass is 321 g/mol. The summed E-state index contributed by atoms with van der Waals surface area (Å²) in [5, 5.41) is 0.620. The fourth-order valence-electron chi connectivity index (χ4n) is 2.99. The molecule has 0 aliphatic carbocycles. The van der Waals surface area contributed by atoms with Crippen LogP contribution < -0.4 is 10.5 Å². The lowest BCUT2D eigenvalue weighted by molar-refractivity contribution is 0.122. The first-order chi connectivity index (χ1) is 11.7. The number of nitrogens with zero attached hydrogens (tertiary/aromatic N) is 2. The summed E-state index contributed by atoms with van der Waals surface area (Å²) in [5.74, 6) is 0.603. The Kier molecular flexibility index (Phi) is 3.78. The number of hydrogen-bond donors (Lipinski definition) is 1. The third kappa shape index (κ3) is 2.78. The quantitative estimate of drug-likeness (QED) is 0.788. The number of benzene rings is 2. The molecular weight excluding hydrogens is 302 g/mol. The number of aryl methyl sites for hydroxylation is 1. The van der Waals surface area contributed by atoms with Crippen molar-refractivity contribution < 1.29 is 4.74 Å². The highest BCUT2D eigenvalue weighted by molar-refractivity contribution is 5.83. The molecule has 5 heteroatoms. The van der Waals surface area contributed by atoms with Crippen LogP contribution in [0.15, 0.2) is 47.3 Å². The van der Waals surface area contributed by atoms with Gasteiger partial charge in [-0.15, -0.1) is 0 Å². The Balaban J connectivity index is 1.76. The van der Waals surface area contributed by atoms with Gasteiger partial charge in [-0.1, -0.05) is 29.8 Å². The summed E-state index contributed by atoms with van der Waals surface area (Å²) in [6.07, 6.45) is 0. The first-order valence-corrected chi connectivity index (χ1v) is 8.14. The van der Waals surface area contributed by atoms with Gasteiger partial charge in [0, 0.05) is 24.3 Å². The van der Waals surface area contributed by atoms with Gasteiger partial charge in [0.25, 0.3) is 5.56 Å². The molecule has 4 rings (SSSR count). The second kappa shape index (κ2) is 6.09. The second-order valence-electron chi connectivity index (χ2n) is 6.08. The zero-order valence-corrected chi connectivity index (χ0v) is 13.6.